The van der Waals surface area contributed by atoms with E-state index < -0.39 is 0 Å². The Balaban J connectivity index is 1.77. The van der Waals surface area contributed by atoms with E-state index in [1.54, 1.807) is 19.2 Å². The second-order valence-electron chi connectivity index (χ2n) is 5.23. The van der Waals surface area contributed by atoms with Gasteiger partial charge in [-0.15, -0.1) is 0 Å². The molecule has 6 heteroatoms. The van der Waals surface area contributed by atoms with E-state index in [4.69, 9.17) is 4.74 Å². The SMILES string of the molecule is CCOCCCNC(=NC)NCCc1c[nH]c2ccc(F)cc12. The van der Waals surface area contributed by atoms with Crippen LogP contribution in [-0.4, -0.2) is 44.3 Å². The number of aliphatic imine (C=N–C) groups is 1. The van der Waals surface area contributed by atoms with Gasteiger partial charge in [-0.25, -0.2) is 4.39 Å². The van der Waals surface area contributed by atoms with E-state index in [2.05, 4.69) is 20.6 Å². The Morgan fingerprint density at radius 2 is 2.13 bits per heavy atom. The second kappa shape index (κ2) is 9.15. The second-order valence-corrected chi connectivity index (χ2v) is 5.23. The van der Waals surface area contributed by atoms with Crippen molar-refractivity contribution >= 4 is 16.9 Å². The molecule has 23 heavy (non-hydrogen) atoms. The molecule has 0 spiro atoms. The number of nitrogens with zero attached hydrogens (tertiary/aromatic N) is 1. The standard InChI is InChI=1S/C17H25FN4O/c1-3-23-10-4-8-20-17(19-2)21-9-7-13-12-22-16-6-5-14(18)11-15(13)16/h5-6,11-12,22H,3-4,7-10H2,1-2H3,(H2,19,20,21). The van der Waals surface area contributed by atoms with Gasteiger partial charge in [-0.05, 0) is 43.5 Å². The molecule has 0 aliphatic heterocycles. The number of benzene rings is 1. The summed E-state index contributed by atoms with van der Waals surface area (Å²) in [5, 5.41) is 7.45. The van der Waals surface area contributed by atoms with Gasteiger partial charge in [0, 0.05) is 50.5 Å². The van der Waals surface area contributed by atoms with Crippen LogP contribution in [0.15, 0.2) is 29.4 Å². The van der Waals surface area contributed by atoms with Crippen LogP contribution < -0.4 is 10.6 Å². The normalized spacial score (nSPS) is 11.9. The first-order chi connectivity index (χ1) is 11.2. The predicted octanol–water partition coefficient (Wildman–Crippen LogP) is 2.44. The molecule has 1 aromatic heterocycles. The molecule has 126 valence electrons. The molecular weight excluding hydrogens is 295 g/mol. The van der Waals surface area contributed by atoms with E-state index >= 15 is 0 Å². The highest BCUT2D eigenvalue weighted by Gasteiger charge is 2.05. The van der Waals surface area contributed by atoms with E-state index in [9.17, 15) is 4.39 Å². The number of fused-ring (bicyclic) bond motifs is 1. The Morgan fingerprint density at radius 3 is 2.91 bits per heavy atom. The molecule has 1 heterocycles. The Kier molecular flexibility index (Phi) is 6.87. The minimum absolute atomic E-state index is 0.210. The largest absolute Gasteiger partial charge is 0.382 e. The fraction of sp³-hybridized carbons (Fsp3) is 0.471. The average molecular weight is 320 g/mol. The van der Waals surface area contributed by atoms with Gasteiger partial charge in [0.1, 0.15) is 5.82 Å². The molecular formula is C17H25FN4O. The molecule has 0 atom stereocenters. The summed E-state index contributed by atoms with van der Waals surface area (Å²) in [5.74, 6) is 0.561. The summed E-state index contributed by atoms with van der Waals surface area (Å²) in [6.07, 6.45) is 3.67. The van der Waals surface area contributed by atoms with Crippen molar-refractivity contribution in [1.29, 1.82) is 0 Å². The molecule has 0 unspecified atom stereocenters. The Hall–Kier alpha value is -2.08. The van der Waals surface area contributed by atoms with Crippen LogP contribution in [0.25, 0.3) is 10.9 Å². The van der Waals surface area contributed by atoms with Crippen LogP contribution >= 0.6 is 0 Å². The quantitative estimate of drug-likeness (QED) is 0.398. The highest BCUT2D eigenvalue weighted by Crippen LogP contribution is 2.19. The maximum absolute atomic E-state index is 13.4. The maximum atomic E-state index is 13.4. The molecule has 0 saturated heterocycles. The molecule has 2 aromatic rings. The first-order valence-corrected chi connectivity index (χ1v) is 8.02. The number of hydrogen-bond donors (Lipinski definition) is 3. The van der Waals surface area contributed by atoms with Crippen molar-refractivity contribution in [2.45, 2.75) is 19.8 Å². The van der Waals surface area contributed by atoms with Crippen molar-refractivity contribution in [3.8, 4) is 0 Å². The number of aromatic nitrogens is 1. The Labute approximate surface area is 136 Å². The summed E-state index contributed by atoms with van der Waals surface area (Å²) >= 11 is 0. The van der Waals surface area contributed by atoms with Crippen molar-refractivity contribution in [3.05, 3.63) is 35.8 Å². The van der Waals surface area contributed by atoms with Crippen molar-refractivity contribution in [2.75, 3.05) is 33.4 Å². The number of rotatable bonds is 8. The monoisotopic (exact) mass is 320 g/mol. The maximum Gasteiger partial charge on any atom is 0.190 e. The Morgan fingerprint density at radius 1 is 1.30 bits per heavy atom. The van der Waals surface area contributed by atoms with E-state index in [0.29, 0.717) is 0 Å². The third-order valence-electron chi connectivity index (χ3n) is 3.60. The number of aromatic amines is 1. The molecule has 5 nitrogen and oxygen atoms in total. The third kappa shape index (κ3) is 5.25. The van der Waals surface area contributed by atoms with Crippen LogP contribution in [0.2, 0.25) is 0 Å². The minimum atomic E-state index is -0.210. The van der Waals surface area contributed by atoms with Gasteiger partial charge in [-0.1, -0.05) is 0 Å². The van der Waals surface area contributed by atoms with Gasteiger partial charge in [-0.2, -0.15) is 0 Å². The lowest BCUT2D eigenvalue weighted by atomic mass is 10.1. The van der Waals surface area contributed by atoms with Gasteiger partial charge >= 0.3 is 0 Å². The lowest BCUT2D eigenvalue weighted by Gasteiger charge is -2.11. The van der Waals surface area contributed by atoms with Gasteiger partial charge in [-0.3, -0.25) is 4.99 Å². The molecule has 0 aliphatic rings. The van der Waals surface area contributed by atoms with E-state index in [1.165, 1.54) is 6.07 Å². The zero-order valence-corrected chi connectivity index (χ0v) is 13.8. The molecule has 0 fully saturated rings. The van der Waals surface area contributed by atoms with Gasteiger partial charge in [0.2, 0.25) is 0 Å². The average Bonchev–Trinajstić information content (AvgIpc) is 2.95. The van der Waals surface area contributed by atoms with Crippen molar-refractivity contribution in [3.63, 3.8) is 0 Å². The van der Waals surface area contributed by atoms with Gasteiger partial charge in [0.25, 0.3) is 0 Å². The number of ether oxygens (including phenoxy) is 1. The van der Waals surface area contributed by atoms with E-state index in [0.717, 1.165) is 61.6 Å². The molecule has 0 amide bonds. The zero-order valence-electron chi connectivity index (χ0n) is 13.8. The number of guanidine groups is 1. The number of halogens is 1. The fourth-order valence-electron chi connectivity index (χ4n) is 2.42. The van der Waals surface area contributed by atoms with Crippen LogP contribution in [0.4, 0.5) is 4.39 Å². The van der Waals surface area contributed by atoms with Crippen LogP contribution in [0.1, 0.15) is 18.9 Å². The van der Waals surface area contributed by atoms with Gasteiger partial charge < -0.3 is 20.4 Å². The summed E-state index contributed by atoms with van der Waals surface area (Å²) in [4.78, 5) is 7.35. The summed E-state index contributed by atoms with van der Waals surface area (Å²) in [5.41, 5.74) is 2.05. The third-order valence-corrected chi connectivity index (χ3v) is 3.60. The molecule has 1 aromatic carbocycles. The molecule has 2 rings (SSSR count). The van der Waals surface area contributed by atoms with E-state index in [1.807, 2.05) is 13.1 Å². The number of nitrogens with one attached hydrogen (secondary N) is 3. The smallest absolute Gasteiger partial charge is 0.190 e. The molecule has 0 bridgehead atoms. The number of H-pyrrole nitrogens is 1. The van der Waals surface area contributed by atoms with Crippen molar-refractivity contribution < 1.29 is 9.13 Å². The zero-order chi connectivity index (χ0) is 16.5. The predicted molar refractivity (Wildman–Crippen MR) is 92.4 cm³/mol. The highest BCUT2D eigenvalue weighted by molar-refractivity contribution is 5.83. The lowest BCUT2D eigenvalue weighted by Crippen LogP contribution is -2.39. The van der Waals surface area contributed by atoms with Crippen molar-refractivity contribution in [2.24, 2.45) is 4.99 Å². The van der Waals surface area contributed by atoms with Gasteiger partial charge in [0.15, 0.2) is 5.96 Å². The molecule has 3 N–H and O–H groups in total. The first-order valence-electron chi connectivity index (χ1n) is 8.02. The summed E-state index contributed by atoms with van der Waals surface area (Å²) in [6.45, 7) is 5.04. The Bertz CT molecular complexity index is 639. The molecule has 0 radical (unpaired) electrons. The lowest BCUT2D eigenvalue weighted by molar-refractivity contribution is 0.145. The van der Waals surface area contributed by atoms with Crippen LogP contribution in [0, 0.1) is 5.82 Å². The van der Waals surface area contributed by atoms with Crippen LogP contribution in [-0.2, 0) is 11.2 Å². The van der Waals surface area contributed by atoms with Crippen LogP contribution in [0.5, 0.6) is 0 Å². The summed E-state index contributed by atoms with van der Waals surface area (Å²) in [6, 6.07) is 4.80. The topological polar surface area (TPSA) is 61.4 Å². The molecule has 0 saturated carbocycles. The highest BCUT2D eigenvalue weighted by atomic mass is 19.1. The number of hydrogen-bond acceptors (Lipinski definition) is 2. The fourth-order valence-corrected chi connectivity index (χ4v) is 2.42. The van der Waals surface area contributed by atoms with Crippen molar-refractivity contribution in [1.82, 2.24) is 15.6 Å². The van der Waals surface area contributed by atoms with Crippen LogP contribution in [0.3, 0.4) is 0 Å². The summed E-state index contributed by atoms with van der Waals surface area (Å²) < 4.78 is 18.7. The van der Waals surface area contributed by atoms with E-state index in [-0.39, 0.29) is 5.82 Å². The minimum Gasteiger partial charge on any atom is -0.382 e. The molecule has 0 aliphatic carbocycles. The first kappa shape index (κ1) is 17.3. The summed E-state index contributed by atoms with van der Waals surface area (Å²) in [7, 11) is 1.75. The van der Waals surface area contributed by atoms with Gasteiger partial charge in [0.05, 0.1) is 0 Å².